The van der Waals surface area contributed by atoms with Gasteiger partial charge in [-0.3, -0.25) is 0 Å². The van der Waals surface area contributed by atoms with Crippen molar-refractivity contribution >= 4 is 0 Å². The van der Waals surface area contributed by atoms with Gasteiger partial charge in [-0.1, -0.05) is 27.2 Å². The van der Waals surface area contributed by atoms with E-state index in [4.69, 9.17) is 4.74 Å². The van der Waals surface area contributed by atoms with Gasteiger partial charge in [-0.15, -0.1) is 0 Å². The SMILES string of the molecule is CCCNC(CN1CCC(COC)C1)C(C)CC. The molecular weight excluding hydrogens is 224 g/mol. The minimum absolute atomic E-state index is 0.649. The molecular formula is C15H32N2O. The van der Waals surface area contributed by atoms with Crippen LogP contribution in [0.4, 0.5) is 0 Å². The molecule has 1 N–H and O–H groups in total. The Hall–Kier alpha value is -0.120. The van der Waals surface area contributed by atoms with E-state index in [1.807, 2.05) is 7.11 Å². The van der Waals surface area contributed by atoms with Crippen LogP contribution in [0.3, 0.4) is 0 Å². The van der Waals surface area contributed by atoms with Crippen LogP contribution in [0.15, 0.2) is 0 Å². The standard InChI is InChI=1S/C15H32N2O/c1-5-8-16-15(13(3)6-2)11-17-9-7-14(10-17)12-18-4/h13-16H,5-12H2,1-4H3. The summed E-state index contributed by atoms with van der Waals surface area (Å²) in [5.41, 5.74) is 0. The molecule has 1 aliphatic rings. The van der Waals surface area contributed by atoms with Crippen LogP contribution in [0.1, 0.15) is 40.0 Å². The highest BCUT2D eigenvalue weighted by atomic mass is 16.5. The fourth-order valence-corrected chi connectivity index (χ4v) is 2.79. The minimum Gasteiger partial charge on any atom is -0.384 e. The summed E-state index contributed by atoms with van der Waals surface area (Å²) in [5, 5.41) is 3.72. The fraction of sp³-hybridized carbons (Fsp3) is 1.00. The molecule has 3 atom stereocenters. The minimum atomic E-state index is 0.649. The summed E-state index contributed by atoms with van der Waals surface area (Å²) >= 11 is 0. The maximum absolute atomic E-state index is 5.27. The quantitative estimate of drug-likeness (QED) is 0.685. The van der Waals surface area contributed by atoms with E-state index in [-0.39, 0.29) is 0 Å². The molecule has 1 saturated heterocycles. The zero-order chi connectivity index (χ0) is 13.4. The lowest BCUT2D eigenvalue weighted by molar-refractivity contribution is 0.150. The van der Waals surface area contributed by atoms with Crippen LogP contribution in [0, 0.1) is 11.8 Å². The highest BCUT2D eigenvalue weighted by Gasteiger charge is 2.25. The Morgan fingerprint density at radius 1 is 1.39 bits per heavy atom. The van der Waals surface area contributed by atoms with Gasteiger partial charge in [0.05, 0.1) is 6.61 Å². The lowest BCUT2D eigenvalue weighted by Gasteiger charge is -2.29. The Labute approximate surface area is 113 Å². The normalized spacial score (nSPS) is 24.3. The van der Waals surface area contributed by atoms with Gasteiger partial charge in [0, 0.05) is 26.2 Å². The number of nitrogens with one attached hydrogen (secondary N) is 1. The van der Waals surface area contributed by atoms with E-state index in [1.165, 1.54) is 38.9 Å². The van der Waals surface area contributed by atoms with Crippen LogP contribution in [0.25, 0.3) is 0 Å². The first-order valence-corrected chi connectivity index (χ1v) is 7.65. The molecule has 0 saturated carbocycles. The number of ether oxygens (including phenoxy) is 1. The molecule has 0 aromatic heterocycles. The van der Waals surface area contributed by atoms with Crippen LogP contribution < -0.4 is 5.32 Å². The summed E-state index contributed by atoms with van der Waals surface area (Å²) in [6.07, 6.45) is 3.78. The van der Waals surface area contributed by atoms with Crippen molar-refractivity contribution in [3.63, 3.8) is 0 Å². The number of hydrogen-bond donors (Lipinski definition) is 1. The third-order valence-corrected chi connectivity index (χ3v) is 4.21. The molecule has 1 aliphatic heterocycles. The van der Waals surface area contributed by atoms with Gasteiger partial charge in [-0.25, -0.2) is 0 Å². The van der Waals surface area contributed by atoms with Gasteiger partial charge in [-0.2, -0.15) is 0 Å². The Morgan fingerprint density at radius 2 is 2.17 bits per heavy atom. The van der Waals surface area contributed by atoms with Crippen molar-refractivity contribution in [3.05, 3.63) is 0 Å². The van der Waals surface area contributed by atoms with Gasteiger partial charge >= 0.3 is 0 Å². The van der Waals surface area contributed by atoms with E-state index < -0.39 is 0 Å². The van der Waals surface area contributed by atoms with Gasteiger partial charge in [0.15, 0.2) is 0 Å². The van der Waals surface area contributed by atoms with Gasteiger partial charge in [0.2, 0.25) is 0 Å². The largest absolute Gasteiger partial charge is 0.384 e. The zero-order valence-electron chi connectivity index (χ0n) is 12.7. The summed E-state index contributed by atoms with van der Waals surface area (Å²) < 4.78 is 5.27. The summed E-state index contributed by atoms with van der Waals surface area (Å²) in [6.45, 7) is 12.6. The monoisotopic (exact) mass is 256 g/mol. The molecule has 0 bridgehead atoms. The maximum Gasteiger partial charge on any atom is 0.0503 e. The van der Waals surface area contributed by atoms with Crippen LogP contribution in [-0.2, 0) is 4.74 Å². The molecule has 3 unspecified atom stereocenters. The van der Waals surface area contributed by atoms with Crippen LogP contribution >= 0.6 is 0 Å². The molecule has 0 amide bonds. The van der Waals surface area contributed by atoms with E-state index in [2.05, 4.69) is 31.0 Å². The van der Waals surface area contributed by atoms with Crippen LogP contribution in [0.2, 0.25) is 0 Å². The Balaban J connectivity index is 2.36. The number of hydrogen-bond acceptors (Lipinski definition) is 3. The molecule has 0 aliphatic carbocycles. The first-order valence-electron chi connectivity index (χ1n) is 7.65. The second-order valence-electron chi connectivity index (χ2n) is 5.82. The van der Waals surface area contributed by atoms with Gasteiger partial charge < -0.3 is 15.0 Å². The number of nitrogens with zero attached hydrogens (tertiary/aromatic N) is 1. The highest BCUT2D eigenvalue weighted by molar-refractivity contribution is 4.82. The van der Waals surface area contributed by atoms with Crippen molar-refractivity contribution in [3.8, 4) is 0 Å². The topological polar surface area (TPSA) is 24.5 Å². The van der Waals surface area contributed by atoms with E-state index in [9.17, 15) is 0 Å². The van der Waals surface area contributed by atoms with E-state index in [0.29, 0.717) is 6.04 Å². The average molecular weight is 256 g/mol. The molecule has 3 nitrogen and oxygen atoms in total. The number of methoxy groups -OCH3 is 1. The van der Waals surface area contributed by atoms with E-state index >= 15 is 0 Å². The molecule has 1 fully saturated rings. The van der Waals surface area contributed by atoms with Crippen LogP contribution in [-0.4, -0.2) is 50.8 Å². The van der Waals surface area contributed by atoms with Gasteiger partial charge in [0.25, 0.3) is 0 Å². The molecule has 0 aromatic carbocycles. The zero-order valence-corrected chi connectivity index (χ0v) is 12.7. The summed E-state index contributed by atoms with van der Waals surface area (Å²) in [4.78, 5) is 2.61. The third-order valence-electron chi connectivity index (χ3n) is 4.21. The fourth-order valence-electron chi connectivity index (χ4n) is 2.79. The molecule has 0 spiro atoms. The Kier molecular flexibility index (Phi) is 7.87. The smallest absolute Gasteiger partial charge is 0.0503 e. The molecule has 0 radical (unpaired) electrons. The summed E-state index contributed by atoms with van der Waals surface area (Å²) in [6, 6.07) is 0.649. The van der Waals surface area contributed by atoms with Gasteiger partial charge in [-0.05, 0) is 37.8 Å². The Morgan fingerprint density at radius 3 is 2.78 bits per heavy atom. The average Bonchev–Trinajstić information content (AvgIpc) is 2.81. The van der Waals surface area contributed by atoms with Crippen LogP contribution in [0.5, 0.6) is 0 Å². The predicted octanol–water partition coefficient (Wildman–Crippen LogP) is 2.37. The first-order chi connectivity index (χ1) is 8.71. The molecule has 18 heavy (non-hydrogen) atoms. The van der Waals surface area contributed by atoms with Crippen molar-refractivity contribution in [2.45, 2.75) is 46.1 Å². The van der Waals surface area contributed by atoms with Crippen molar-refractivity contribution in [2.75, 3.05) is 39.9 Å². The maximum atomic E-state index is 5.27. The highest BCUT2D eigenvalue weighted by Crippen LogP contribution is 2.18. The second-order valence-corrected chi connectivity index (χ2v) is 5.82. The van der Waals surface area contributed by atoms with E-state index in [1.54, 1.807) is 0 Å². The van der Waals surface area contributed by atoms with Crippen molar-refractivity contribution in [1.29, 1.82) is 0 Å². The predicted molar refractivity (Wildman–Crippen MR) is 78.0 cm³/mol. The third kappa shape index (κ3) is 5.25. The second kappa shape index (κ2) is 8.89. The Bertz CT molecular complexity index is 211. The van der Waals surface area contributed by atoms with Crippen molar-refractivity contribution in [2.24, 2.45) is 11.8 Å². The molecule has 3 heteroatoms. The van der Waals surface area contributed by atoms with Gasteiger partial charge in [0.1, 0.15) is 0 Å². The van der Waals surface area contributed by atoms with Crippen molar-refractivity contribution in [1.82, 2.24) is 10.2 Å². The summed E-state index contributed by atoms with van der Waals surface area (Å²) in [7, 11) is 1.81. The molecule has 108 valence electrons. The van der Waals surface area contributed by atoms with E-state index in [0.717, 1.165) is 25.0 Å². The first kappa shape index (κ1) is 15.9. The number of likely N-dealkylation sites (tertiary alicyclic amines) is 1. The summed E-state index contributed by atoms with van der Waals surface area (Å²) in [5.74, 6) is 1.51. The lowest BCUT2D eigenvalue weighted by atomic mass is 9.98. The molecule has 1 rings (SSSR count). The number of rotatable bonds is 9. The van der Waals surface area contributed by atoms with Crippen molar-refractivity contribution < 1.29 is 4.74 Å². The molecule has 0 aromatic rings. The molecule has 1 heterocycles. The lowest BCUT2D eigenvalue weighted by Crippen LogP contribution is -2.44.